The summed E-state index contributed by atoms with van der Waals surface area (Å²) in [6.45, 7) is 2.71. The molecular weight excluding hydrogens is 411 g/mol. The summed E-state index contributed by atoms with van der Waals surface area (Å²) in [6.07, 6.45) is 2.75. The number of phenolic OH excluding ortho intramolecular Hbond substituents is 1. The summed E-state index contributed by atoms with van der Waals surface area (Å²) in [4.78, 5) is 22.3. The van der Waals surface area contributed by atoms with Crippen molar-refractivity contribution >= 4 is 16.9 Å². The topological polar surface area (TPSA) is 90.5 Å². The third-order valence-electron chi connectivity index (χ3n) is 6.84. The maximum Gasteiger partial charge on any atom is 0.253 e. The van der Waals surface area contributed by atoms with Crippen LogP contribution in [0.15, 0.2) is 36.5 Å². The quantitative estimate of drug-likeness (QED) is 0.582. The molecule has 2 aromatic heterocycles. The van der Waals surface area contributed by atoms with Gasteiger partial charge in [0.05, 0.1) is 12.3 Å². The summed E-state index contributed by atoms with van der Waals surface area (Å²) in [5, 5.41) is 13.6. The van der Waals surface area contributed by atoms with Crippen LogP contribution in [0.5, 0.6) is 5.75 Å². The Bertz CT molecular complexity index is 1120. The molecule has 8 heteroatoms. The second-order valence-corrected chi connectivity index (χ2v) is 8.66. The number of aromatic hydroxyl groups is 1. The number of amides is 1. The number of nitrogens with zero attached hydrogens (tertiary/aromatic N) is 2. The number of aromatic amines is 1. The molecule has 0 spiro atoms. The van der Waals surface area contributed by atoms with E-state index in [1.807, 2.05) is 6.07 Å². The first-order valence-corrected chi connectivity index (χ1v) is 11.0. The minimum absolute atomic E-state index is 0.0212. The number of benzene rings is 1. The lowest BCUT2D eigenvalue weighted by Gasteiger charge is -2.32. The van der Waals surface area contributed by atoms with Crippen molar-refractivity contribution in [3.8, 4) is 5.75 Å². The SMILES string of the molecule is COC1CNCC1c1cc2c(C3CCN(C(=O)c4ccc(O)cc4)CC3)c(F)cnc2[nH]1. The first-order chi connectivity index (χ1) is 15.5. The highest BCUT2D eigenvalue weighted by molar-refractivity contribution is 5.94. The van der Waals surface area contributed by atoms with Gasteiger partial charge in [-0.05, 0) is 49.1 Å². The number of hydrogen-bond acceptors (Lipinski definition) is 5. The average Bonchev–Trinajstić information content (AvgIpc) is 3.46. The van der Waals surface area contributed by atoms with E-state index < -0.39 is 0 Å². The molecule has 0 aliphatic carbocycles. The van der Waals surface area contributed by atoms with Gasteiger partial charge in [-0.25, -0.2) is 9.37 Å². The normalized spacial score (nSPS) is 22.0. The smallest absolute Gasteiger partial charge is 0.253 e. The van der Waals surface area contributed by atoms with Crippen LogP contribution in [0.2, 0.25) is 0 Å². The van der Waals surface area contributed by atoms with Gasteiger partial charge >= 0.3 is 0 Å². The Morgan fingerprint density at radius 1 is 1.22 bits per heavy atom. The van der Waals surface area contributed by atoms with Gasteiger partial charge in [-0.3, -0.25) is 4.79 Å². The Morgan fingerprint density at radius 3 is 2.69 bits per heavy atom. The molecule has 2 unspecified atom stereocenters. The molecule has 2 fully saturated rings. The van der Waals surface area contributed by atoms with Gasteiger partial charge < -0.3 is 25.0 Å². The first-order valence-electron chi connectivity index (χ1n) is 11.0. The number of piperidine rings is 1. The molecular formula is C24H27FN4O3. The van der Waals surface area contributed by atoms with Crippen molar-refractivity contribution in [2.75, 3.05) is 33.3 Å². The lowest BCUT2D eigenvalue weighted by Crippen LogP contribution is -2.38. The van der Waals surface area contributed by atoms with E-state index in [1.165, 1.54) is 18.3 Å². The second-order valence-electron chi connectivity index (χ2n) is 8.66. The van der Waals surface area contributed by atoms with Gasteiger partial charge in [-0.15, -0.1) is 0 Å². The minimum atomic E-state index is -0.292. The van der Waals surface area contributed by atoms with Crippen LogP contribution in [0, 0.1) is 5.82 Å². The molecule has 168 valence electrons. The molecule has 0 radical (unpaired) electrons. The zero-order valence-corrected chi connectivity index (χ0v) is 18.0. The molecule has 5 rings (SSSR count). The number of pyridine rings is 1. The molecule has 0 saturated carbocycles. The summed E-state index contributed by atoms with van der Waals surface area (Å²) < 4.78 is 20.6. The number of carbonyl (C=O) groups excluding carboxylic acids is 1. The van der Waals surface area contributed by atoms with E-state index in [-0.39, 0.29) is 35.4 Å². The summed E-state index contributed by atoms with van der Waals surface area (Å²) in [6, 6.07) is 8.31. The van der Waals surface area contributed by atoms with Crippen molar-refractivity contribution in [2.24, 2.45) is 0 Å². The van der Waals surface area contributed by atoms with Crippen LogP contribution in [0.3, 0.4) is 0 Å². The number of methoxy groups -OCH3 is 1. The highest BCUT2D eigenvalue weighted by Crippen LogP contribution is 2.37. The van der Waals surface area contributed by atoms with Crippen LogP contribution in [-0.2, 0) is 4.74 Å². The zero-order valence-electron chi connectivity index (χ0n) is 18.0. The maximum absolute atomic E-state index is 15.0. The predicted molar refractivity (Wildman–Crippen MR) is 118 cm³/mol. The number of H-pyrrole nitrogens is 1. The molecule has 0 bridgehead atoms. The van der Waals surface area contributed by atoms with Crippen LogP contribution >= 0.6 is 0 Å². The van der Waals surface area contributed by atoms with Crippen molar-refractivity contribution in [2.45, 2.75) is 30.8 Å². The number of carbonyl (C=O) groups is 1. The lowest BCUT2D eigenvalue weighted by molar-refractivity contribution is 0.0712. The Kier molecular flexibility index (Phi) is 5.57. The van der Waals surface area contributed by atoms with Gasteiger partial charge in [0.25, 0.3) is 5.91 Å². The van der Waals surface area contributed by atoms with Crippen molar-refractivity contribution in [1.29, 1.82) is 0 Å². The first kappa shape index (κ1) is 20.9. The molecule has 2 aliphatic rings. The minimum Gasteiger partial charge on any atom is -0.508 e. The third kappa shape index (κ3) is 3.73. The van der Waals surface area contributed by atoms with Crippen LogP contribution in [0.4, 0.5) is 4.39 Å². The number of fused-ring (bicyclic) bond motifs is 1. The van der Waals surface area contributed by atoms with E-state index in [0.29, 0.717) is 42.7 Å². The molecule has 2 aliphatic heterocycles. The van der Waals surface area contributed by atoms with E-state index in [1.54, 1.807) is 24.1 Å². The molecule has 1 aromatic carbocycles. The van der Waals surface area contributed by atoms with Crippen molar-refractivity contribution in [3.63, 3.8) is 0 Å². The maximum atomic E-state index is 15.0. The third-order valence-corrected chi connectivity index (χ3v) is 6.84. The number of nitrogens with one attached hydrogen (secondary N) is 2. The predicted octanol–water partition coefficient (Wildman–Crippen LogP) is 3.13. The number of rotatable bonds is 4. The largest absolute Gasteiger partial charge is 0.508 e. The van der Waals surface area contributed by atoms with Crippen LogP contribution in [0.1, 0.15) is 46.3 Å². The fourth-order valence-corrected chi connectivity index (χ4v) is 5.08. The number of phenols is 1. The Morgan fingerprint density at radius 2 is 1.97 bits per heavy atom. The van der Waals surface area contributed by atoms with Crippen molar-refractivity contribution < 1.29 is 19.0 Å². The van der Waals surface area contributed by atoms with E-state index in [0.717, 1.165) is 24.2 Å². The number of aromatic nitrogens is 2. The van der Waals surface area contributed by atoms with Gasteiger partial charge in [-0.1, -0.05) is 0 Å². The van der Waals surface area contributed by atoms with Crippen LogP contribution < -0.4 is 5.32 Å². The Hall–Kier alpha value is -2.97. The van der Waals surface area contributed by atoms with E-state index in [4.69, 9.17) is 4.74 Å². The van der Waals surface area contributed by atoms with Gasteiger partial charge in [0.2, 0.25) is 0 Å². The zero-order chi connectivity index (χ0) is 22.2. The molecule has 3 aromatic rings. The average molecular weight is 439 g/mol. The number of hydrogen-bond donors (Lipinski definition) is 3. The van der Waals surface area contributed by atoms with Gasteiger partial charge in [0.15, 0.2) is 0 Å². The van der Waals surface area contributed by atoms with E-state index in [9.17, 15) is 14.3 Å². The van der Waals surface area contributed by atoms with Crippen molar-refractivity contribution in [1.82, 2.24) is 20.2 Å². The summed E-state index contributed by atoms with van der Waals surface area (Å²) in [5.41, 5.74) is 2.94. The molecule has 3 N–H and O–H groups in total. The molecule has 32 heavy (non-hydrogen) atoms. The number of likely N-dealkylation sites (tertiary alicyclic amines) is 1. The second kappa shape index (κ2) is 8.52. The molecule has 2 saturated heterocycles. The van der Waals surface area contributed by atoms with Crippen LogP contribution in [0.25, 0.3) is 11.0 Å². The van der Waals surface area contributed by atoms with Gasteiger partial charge in [0.1, 0.15) is 17.2 Å². The summed E-state index contributed by atoms with van der Waals surface area (Å²) in [5.74, 6) is -0.0254. The standard InChI is InChI=1S/C24H27FN4O3/c1-32-21-13-26-11-18(21)20-10-17-22(19(25)12-27-23(17)28-20)14-6-8-29(9-7-14)24(31)15-2-4-16(30)5-3-15/h2-5,10,12,14,18,21,26,30H,6-9,11,13H2,1H3,(H,27,28). The lowest BCUT2D eigenvalue weighted by atomic mass is 9.87. The number of halogens is 1. The fourth-order valence-electron chi connectivity index (χ4n) is 5.08. The summed E-state index contributed by atoms with van der Waals surface area (Å²) in [7, 11) is 1.71. The van der Waals surface area contributed by atoms with Crippen LogP contribution in [-0.4, -0.2) is 65.3 Å². The van der Waals surface area contributed by atoms with Gasteiger partial charge in [-0.2, -0.15) is 0 Å². The summed E-state index contributed by atoms with van der Waals surface area (Å²) >= 11 is 0. The molecule has 1 amide bonds. The van der Waals surface area contributed by atoms with E-state index in [2.05, 4.69) is 15.3 Å². The molecule has 2 atom stereocenters. The van der Waals surface area contributed by atoms with Gasteiger partial charge in [0, 0.05) is 61.4 Å². The Labute approximate surface area is 185 Å². The molecule has 4 heterocycles. The monoisotopic (exact) mass is 438 g/mol. The van der Waals surface area contributed by atoms with Crippen molar-refractivity contribution in [3.05, 3.63) is 59.2 Å². The molecule has 7 nitrogen and oxygen atoms in total. The van der Waals surface area contributed by atoms with E-state index >= 15 is 0 Å². The number of ether oxygens (including phenoxy) is 1. The highest BCUT2D eigenvalue weighted by atomic mass is 19.1. The Balaban J connectivity index is 1.36. The highest BCUT2D eigenvalue weighted by Gasteiger charge is 2.32. The fraction of sp³-hybridized carbons (Fsp3) is 0.417.